The van der Waals surface area contributed by atoms with Gasteiger partial charge >= 0.3 is 0 Å². The average Bonchev–Trinajstić information content (AvgIpc) is 2.16. The lowest BCUT2D eigenvalue weighted by Crippen LogP contribution is -2.07. The minimum absolute atomic E-state index is 0. The maximum atomic E-state index is 5.27. The largest absolute Gasteiger partial charge is 0.496 e. The summed E-state index contributed by atoms with van der Waals surface area (Å²) in [6.07, 6.45) is 0.943. The Morgan fingerprint density at radius 2 is 2.15 bits per heavy atom. The van der Waals surface area contributed by atoms with Crippen LogP contribution < -0.4 is 16.0 Å². The molecule has 0 saturated heterocycles. The number of ether oxygens (including phenoxy) is 1. The van der Waals surface area contributed by atoms with E-state index in [0.717, 1.165) is 23.4 Å². The quantitative estimate of drug-likeness (QED) is 0.582. The van der Waals surface area contributed by atoms with Crippen molar-refractivity contribution in [1.29, 1.82) is 0 Å². The first kappa shape index (κ1) is 12.1. The first-order valence-electron chi connectivity index (χ1n) is 3.95. The predicted molar refractivity (Wildman–Crippen MR) is 57.4 cm³/mol. The maximum absolute atomic E-state index is 5.27. The van der Waals surface area contributed by atoms with Gasteiger partial charge in [-0.25, -0.2) is 0 Å². The van der Waals surface area contributed by atoms with Crippen LogP contribution in [0.25, 0.3) is 0 Å². The zero-order chi connectivity index (χ0) is 8.97. The summed E-state index contributed by atoms with van der Waals surface area (Å²) in [4.78, 5) is 0. The van der Waals surface area contributed by atoms with Gasteiger partial charge in [0.25, 0.3) is 0 Å². The summed E-state index contributed by atoms with van der Waals surface area (Å²) < 4.78 is 5.17. The topological polar surface area (TPSA) is 47.3 Å². The number of nitrogen functional groups attached to an aromatic ring is 1. The van der Waals surface area contributed by atoms with E-state index in [0.29, 0.717) is 0 Å². The number of methoxy groups -OCH3 is 1. The molecule has 0 atom stereocenters. The monoisotopic (exact) mass is 202 g/mol. The summed E-state index contributed by atoms with van der Waals surface area (Å²) in [5.41, 5.74) is 4.67. The highest BCUT2D eigenvalue weighted by Crippen LogP contribution is 2.22. The minimum atomic E-state index is 0. The number of rotatable bonds is 3. The van der Waals surface area contributed by atoms with Crippen LogP contribution in [0.4, 0.5) is 5.69 Å². The Labute approximate surface area is 84.7 Å². The van der Waals surface area contributed by atoms with Gasteiger partial charge < -0.3 is 10.2 Å². The molecule has 0 unspecified atom stereocenters. The second kappa shape index (κ2) is 5.67. The zero-order valence-electron chi connectivity index (χ0n) is 7.83. The van der Waals surface area contributed by atoms with Crippen molar-refractivity contribution >= 4 is 18.1 Å². The molecule has 0 saturated carbocycles. The number of aryl methyl sites for hydroxylation is 1. The van der Waals surface area contributed by atoms with Gasteiger partial charge in [0.2, 0.25) is 0 Å². The third-order valence-electron chi connectivity index (χ3n) is 1.83. The number of halogens is 1. The fourth-order valence-corrected chi connectivity index (χ4v) is 1.14. The zero-order valence-corrected chi connectivity index (χ0v) is 8.65. The Hall–Kier alpha value is -0.930. The van der Waals surface area contributed by atoms with Crippen LogP contribution in [-0.2, 0) is 6.42 Å². The van der Waals surface area contributed by atoms with Crippen LogP contribution in [0.2, 0.25) is 0 Å². The molecule has 0 spiro atoms. The Bertz CT molecular complexity index is 266. The Morgan fingerprint density at radius 3 is 2.62 bits per heavy atom. The number of hydrogen-bond acceptors (Lipinski definition) is 3. The van der Waals surface area contributed by atoms with Crippen LogP contribution in [0.1, 0.15) is 12.5 Å². The van der Waals surface area contributed by atoms with Crippen LogP contribution in [0, 0.1) is 0 Å². The molecule has 0 heterocycles. The Kier molecular flexibility index (Phi) is 5.26. The highest BCUT2D eigenvalue weighted by molar-refractivity contribution is 5.85. The van der Waals surface area contributed by atoms with Crippen LogP contribution in [0.3, 0.4) is 0 Å². The maximum Gasteiger partial charge on any atom is 0.122 e. The first-order chi connectivity index (χ1) is 5.81. The number of nitrogens with two attached hydrogens (primary N) is 1. The summed E-state index contributed by atoms with van der Waals surface area (Å²) in [6, 6.07) is 5.78. The van der Waals surface area contributed by atoms with E-state index in [1.165, 1.54) is 0 Å². The van der Waals surface area contributed by atoms with Gasteiger partial charge in [0.1, 0.15) is 5.75 Å². The van der Waals surface area contributed by atoms with Gasteiger partial charge in [-0.2, -0.15) is 0 Å². The number of anilines is 1. The molecule has 0 aliphatic carbocycles. The van der Waals surface area contributed by atoms with Crippen LogP contribution >= 0.6 is 12.4 Å². The minimum Gasteiger partial charge on any atom is -0.496 e. The van der Waals surface area contributed by atoms with Crippen molar-refractivity contribution < 1.29 is 4.74 Å². The number of benzene rings is 1. The third-order valence-corrected chi connectivity index (χ3v) is 1.83. The Balaban J connectivity index is 0.00000144. The molecular weight excluding hydrogens is 188 g/mol. The summed E-state index contributed by atoms with van der Waals surface area (Å²) in [5.74, 6) is 6.19. The SMILES string of the molecule is CCc1cc(NN)ccc1OC.Cl. The summed E-state index contributed by atoms with van der Waals surface area (Å²) in [5, 5.41) is 0. The van der Waals surface area contributed by atoms with Crippen LogP contribution in [0.15, 0.2) is 18.2 Å². The molecule has 1 rings (SSSR count). The van der Waals surface area contributed by atoms with Crippen molar-refractivity contribution in [3.8, 4) is 5.75 Å². The van der Waals surface area contributed by atoms with Gasteiger partial charge in [0.05, 0.1) is 7.11 Å². The van der Waals surface area contributed by atoms with Crippen molar-refractivity contribution in [2.45, 2.75) is 13.3 Å². The van der Waals surface area contributed by atoms with Crippen molar-refractivity contribution in [1.82, 2.24) is 0 Å². The molecule has 1 aromatic carbocycles. The van der Waals surface area contributed by atoms with E-state index in [9.17, 15) is 0 Å². The van der Waals surface area contributed by atoms with Crippen molar-refractivity contribution in [2.75, 3.05) is 12.5 Å². The van der Waals surface area contributed by atoms with Crippen molar-refractivity contribution in [3.05, 3.63) is 23.8 Å². The second-order valence-electron chi connectivity index (χ2n) is 2.52. The molecule has 0 aromatic heterocycles. The molecule has 0 aliphatic rings. The average molecular weight is 203 g/mol. The lowest BCUT2D eigenvalue weighted by atomic mass is 10.1. The molecule has 3 N–H and O–H groups in total. The number of hydrazine groups is 1. The van der Waals surface area contributed by atoms with E-state index in [1.54, 1.807) is 7.11 Å². The molecular formula is C9H15ClN2O. The van der Waals surface area contributed by atoms with Gasteiger partial charge in [-0.3, -0.25) is 5.84 Å². The molecule has 0 radical (unpaired) electrons. The standard InChI is InChI=1S/C9H14N2O.ClH/c1-3-7-6-8(11-10)4-5-9(7)12-2;/h4-6,11H,3,10H2,1-2H3;1H. The van der Waals surface area contributed by atoms with E-state index in [4.69, 9.17) is 10.6 Å². The lowest BCUT2D eigenvalue weighted by Gasteiger charge is -2.08. The van der Waals surface area contributed by atoms with Crippen molar-refractivity contribution in [2.24, 2.45) is 5.84 Å². The van der Waals surface area contributed by atoms with Crippen LogP contribution in [-0.4, -0.2) is 7.11 Å². The van der Waals surface area contributed by atoms with Gasteiger partial charge in [0.15, 0.2) is 0 Å². The molecule has 4 heteroatoms. The fourth-order valence-electron chi connectivity index (χ4n) is 1.14. The van der Waals surface area contributed by atoms with Gasteiger partial charge in [0, 0.05) is 5.69 Å². The number of hydrogen-bond donors (Lipinski definition) is 2. The third kappa shape index (κ3) is 2.79. The van der Waals surface area contributed by atoms with Crippen molar-refractivity contribution in [3.63, 3.8) is 0 Å². The molecule has 13 heavy (non-hydrogen) atoms. The van der Waals surface area contributed by atoms with E-state index < -0.39 is 0 Å². The van der Waals surface area contributed by atoms with Gasteiger partial charge in [-0.15, -0.1) is 12.4 Å². The van der Waals surface area contributed by atoms with Gasteiger partial charge in [-0.1, -0.05) is 6.92 Å². The molecule has 0 bridgehead atoms. The lowest BCUT2D eigenvalue weighted by molar-refractivity contribution is 0.410. The Morgan fingerprint density at radius 1 is 1.46 bits per heavy atom. The first-order valence-corrected chi connectivity index (χ1v) is 3.95. The highest BCUT2D eigenvalue weighted by atomic mass is 35.5. The summed E-state index contributed by atoms with van der Waals surface area (Å²) >= 11 is 0. The normalized spacial score (nSPS) is 8.85. The predicted octanol–water partition coefficient (Wildman–Crippen LogP) is 1.97. The van der Waals surface area contributed by atoms with E-state index in [2.05, 4.69) is 12.3 Å². The molecule has 0 amide bonds. The van der Waals surface area contributed by atoms with Crippen LogP contribution in [0.5, 0.6) is 5.75 Å². The molecule has 74 valence electrons. The summed E-state index contributed by atoms with van der Waals surface area (Å²) in [6.45, 7) is 2.08. The van der Waals surface area contributed by atoms with E-state index in [-0.39, 0.29) is 12.4 Å². The van der Waals surface area contributed by atoms with Gasteiger partial charge in [-0.05, 0) is 30.2 Å². The highest BCUT2D eigenvalue weighted by Gasteiger charge is 2.00. The fraction of sp³-hybridized carbons (Fsp3) is 0.333. The number of nitrogens with one attached hydrogen (secondary N) is 1. The van der Waals surface area contributed by atoms with E-state index in [1.807, 2.05) is 18.2 Å². The smallest absolute Gasteiger partial charge is 0.122 e. The summed E-state index contributed by atoms with van der Waals surface area (Å²) in [7, 11) is 1.67. The molecule has 3 nitrogen and oxygen atoms in total. The second-order valence-corrected chi connectivity index (χ2v) is 2.52. The molecule has 1 aromatic rings. The molecule has 0 fully saturated rings. The van der Waals surface area contributed by atoms with E-state index >= 15 is 0 Å². The molecule has 0 aliphatic heterocycles.